The molecule has 1 saturated heterocycles. The number of rotatable bonds is 11. The highest BCUT2D eigenvalue weighted by molar-refractivity contribution is 5.77. The van der Waals surface area contributed by atoms with Crippen LogP contribution in [0.5, 0.6) is 5.75 Å². The molecule has 7 nitrogen and oxygen atoms in total. The molecule has 1 atom stereocenters. The molecule has 2 aromatic carbocycles. The molecule has 4 aromatic rings. The largest absolute Gasteiger partial charge is 0.485 e. The molecular weight excluding hydrogens is 476 g/mol. The summed E-state index contributed by atoms with van der Waals surface area (Å²) in [4.78, 5) is 20.3. The van der Waals surface area contributed by atoms with Crippen LogP contribution in [0.25, 0.3) is 5.65 Å². The molecule has 7 heteroatoms. The Balaban J connectivity index is 1.31. The number of hydrogen-bond acceptors (Lipinski definition) is 5. The summed E-state index contributed by atoms with van der Waals surface area (Å²) in [5.41, 5.74) is 5.12. The van der Waals surface area contributed by atoms with Crippen molar-refractivity contribution in [3.63, 3.8) is 0 Å². The summed E-state index contributed by atoms with van der Waals surface area (Å²) in [6.45, 7) is 7.73. The van der Waals surface area contributed by atoms with E-state index in [1.807, 2.05) is 67.0 Å². The van der Waals surface area contributed by atoms with Gasteiger partial charge in [0.15, 0.2) is 11.4 Å². The number of fused-ring (bicyclic) bond motifs is 1. The second-order valence-corrected chi connectivity index (χ2v) is 9.79. The van der Waals surface area contributed by atoms with Crippen molar-refractivity contribution >= 4 is 11.6 Å². The summed E-state index contributed by atoms with van der Waals surface area (Å²) in [7, 11) is 0. The number of nitrogens with zero attached hydrogens (tertiary/aromatic N) is 3. The Bertz CT molecular complexity index is 1330. The third-order valence-electron chi connectivity index (χ3n) is 7.15. The minimum absolute atomic E-state index is 0.0478. The summed E-state index contributed by atoms with van der Waals surface area (Å²) in [5, 5.41) is 3.15. The number of imidazole rings is 1. The molecule has 3 heterocycles. The quantitative estimate of drug-likeness (QED) is 0.298. The van der Waals surface area contributed by atoms with Gasteiger partial charge >= 0.3 is 0 Å². The van der Waals surface area contributed by atoms with Gasteiger partial charge in [0.2, 0.25) is 5.91 Å². The fourth-order valence-electron chi connectivity index (χ4n) is 5.07. The Morgan fingerprint density at radius 1 is 1.05 bits per heavy atom. The number of amides is 1. The van der Waals surface area contributed by atoms with Crippen molar-refractivity contribution in [3.05, 3.63) is 102 Å². The zero-order chi connectivity index (χ0) is 26.2. The number of nitrogens with one attached hydrogen (secondary N) is 1. The first kappa shape index (κ1) is 25.9. The van der Waals surface area contributed by atoms with E-state index >= 15 is 0 Å². The molecule has 0 aliphatic carbocycles. The predicted molar refractivity (Wildman–Crippen MR) is 148 cm³/mol. The number of ether oxygens (including phenoxy) is 2. The van der Waals surface area contributed by atoms with E-state index in [2.05, 4.69) is 33.7 Å². The van der Waals surface area contributed by atoms with Gasteiger partial charge in [0.1, 0.15) is 6.61 Å². The van der Waals surface area contributed by atoms with Gasteiger partial charge in [-0.2, -0.15) is 0 Å². The van der Waals surface area contributed by atoms with E-state index in [-0.39, 0.29) is 11.8 Å². The molecule has 5 rings (SSSR count). The molecule has 1 aliphatic heterocycles. The Labute approximate surface area is 224 Å². The van der Waals surface area contributed by atoms with Crippen LogP contribution in [-0.4, -0.2) is 59.6 Å². The second-order valence-electron chi connectivity index (χ2n) is 9.79. The smallest absolute Gasteiger partial charge is 0.221 e. The van der Waals surface area contributed by atoms with Crippen molar-refractivity contribution in [2.45, 2.75) is 32.3 Å². The lowest BCUT2D eigenvalue weighted by Gasteiger charge is -2.26. The van der Waals surface area contributed by atoms with Crippen LogP contribution < -0.4 is 10.1 Å². The molecule has 1 amide bonds. The lowest BCUT2D eigenvalue weighted by molar-refractivity contribution is -0.121. The number of morpholine rings is 1. The number of aromatic nitrogens is 2. The topological polar surface area (TPSA) is 68.1 Å². The zero-order valence-corrected chi connectivity index (χ0v) is 22.0. The average molecular weight is 513 g/mol. The van der Waals surface area contributed by atoms with E-state index in [4.69, 9.17) is 14.5 Å². The third-order valence-corrected chi connectivity index (χ3v) is 7.15. The molecule has 1 fully saturated rings. The van der Waals surface area contributed by atoms with Gasteiger partial charge in [-0.15, -0.1) is 0 Å². The Kier molecular flexibility index (Phi) is 8.68. The lowest BCUT2D eigenvalue weighted by Crippen LogP contribution is -2.38. The van der Waals surface area contributed by atoms with E-state index < -0.39 is 0 Å². The number of hydrogen-bond donors (Lipinski definition) is 1. The Hall–Kier alpha value is -3.68. The maximum Gasteiger partial charge on any atom is 0.221 e. The van der Waals surface area contributed by atoms with Crippen molar-refractivity contribution in [1.29, 1.82) is 0 Å². The van der Waals surface area contributed by atoms with Gasteiger partial charge in [0.25, 0.3) is 0 Å². The van der Waals surface area contributed by atoms with E-state index in [0.29, 0.717) is 19.6 Å². The SMILES string of the molecule is Cc1ccccc1C(CC(=O)NCCCN1CCOCC1)c1cnc2c(OCc3ccccc3)cccn12. The van der Waals surface area contributed by atoms with Gasteiger partial charge in [-0.25, -0.2) is 4.98 Å². The van der Waals surface area contributed by atoms with Gasteiger partial charge in [-0.05, 0) is 48.7 Å². The van der Waals surface area contributed by atoms with Crippen LogP contribution in [0.2, 0.25) is 0 Å². The van der Waals surface area contributed by atoms with Crippen LogP contribution in [0.3, 0.4) is 0 Å². The van der Waals surface area contributed by atoms with E-state index in [9.17, 15) is 4.79 Å². The number of benzene rings is 2. The van der Waals surface area contributed by atoms with Crippen LogP contribution in [0.15, 0.2) is 79.1 Å². The average Bonchev–Trinajstić information content (AvgIpc) is 3.39. The van der Waals surface area contributed by atoms with Gasteiger partial charge in [-0.3, -0.25) is 9.69 Å². The zero-order valence-electron chi connectivity index (χ0n) is 22.0. The molecule has 1 N–H and O–H groups in total. The van der Waals surface area contributed by atoms with E-state index in [0.717, 1.165) is 73.0 Å². The van der Waals surface area contributed by atoms with Crippen molar-refractivity contribution < 1.29 is 14.3 Å². The van der Waals surface area contributed by atoms with Gasteiger partial charge in [0, 0.05) is 44.4 Å². The first-order valence-corrected chi connectivity index (χ1v) is 13.4. The van der Waals surface area contributed by atoms with Crippen molar-refractivity contribution in [2.75, 3.05) is 39.4 Å². The normalized spacial score (nSPS) is 14.9. The fraction of sp³-hybridized carbons (Fsp3) is 0.355. The van der Waals surface area contributed by atoms with Crippen molar-refractivity contribution in [1.82, 2.24) is 19.6 Å². The highest BCUT2D eigenvalue weighted by Gasteiger charge is 2.24. The highest BCUT2D eigenvalue weighted by Crippen LogP contribution is 2.32. The number of pyridine rings is 1. The predicted octanol–water partition coefficient (Wildman–Crippen LogP) is 4.58. The molecule has 1 unspecified atom stereocenters. The summed E-state index contributed by atoms with van der Waals surface area (Å²) < 4.78 is 13.6. The van der Waals surface area contributed by atoms with Crippen molar-refractivity contribution in [2.24, 2.45) is 0 Å². The Morgan fingerprint density at radius 2 is 1.84 bits per heavy atom. The number of aryl methyl sites for hydroxylation is 1. The minimum atomic E-state index is -0.130. The maximum absolute atomic E-state index is 13.1. The lowest BCUT2D eigenvalue weighted by atomic mass is 9.89. The third kappa shape index (κ3) is 6.41. The molecule has 0 spiro atoms. The van der Waals surface area contributed by atoms with Crippen molar-refractivity contribution in [3.8, 4) is 5.75 Å². The fourth-order valence-corrected chi connectivity index (χ4v) is 5.07. The minimum Gasteiger partial charge on any atom is -0.485 e. The Morgan fingerprint density at radius 3 is 2.66 bits per heavy atom. The summed E-state index contributed by atoms with van der Waals surface area (Å²) in [6.07, 6.45) is 5.16. The van der Waals surface area contributed by atoms with Crippen LogP contribution in [0, 0.1) is 6.92 Å². The first-order valence-electron chi connectivity index (χ1n) is 13.4. The molecule has 198 valence electrons. The van der Waals surface area contributed by atoms with Crippen LogP contribution >= 0.6 is 0 Å². The number of carbonyl (C=O) groups excluding carboxylic acids is 1. The molecule has 1 aliphatic rings. The molecule has 0 saturated carbocycles. The molecule has 0 bridgehead atoms. The second kappa shape index (κ2) is 12.7. The van der Waals surface area contributed by atoms with E-state index in [1.165, 1.54) is 0 Å². The van der Waals surface area contributed by atoms with E-state index in [1.54, 1.807) is 0 Å². The van der Waals surface area contributed by atoms with Crippen LogP contribution in [0.4, 0.5) is 0 Å². The van der Waals surface area contributed by atoms with Gasteiger partial charge in [-0.1, -0.05) is 54.6 Å². The van der Waals surface area contributed by atoms with Gasteiger partial charge in [0.05, 0.1) is 18.9 Å². The first-order chi connectivity index (χ1) is 18.7. The van der Waals surface area contributed by atoms with Gasteiger partial charge < -0.3 is 19.2 Å². The highest BCUT2D eigenvalue weighted by atomic mass is 16.5. The van der Waals surface area contributed by atoms with Crippen LogP contribution in [0.1, 0.15) is 41.1 Å². The van der Waals surface area contributed by atoms with Crippen LogP contribution in [-0.2, 0) is 16.1 Å². The monoisotopic (exact) mass is 512 g/mol. The molecular formula is C31H36N4O3. The molecule has 38 heavy (non-hydrogen) atoms. The molecule has 0 radical (unpaired) electrons. The number of carbonyl (C=O) groups is 1. The molecule has 2 aromatic heterocycles. The summed E-state index contributed by atoms with van der Waals surface area (Å²) in [5.74, 6) is 0.639. The standard InChI is InChI=1S/C31H36N4O3/c1-24-9-5-6-12-26(24)27(21-30(36)32-14-8-15-34-17-19-37-20-18-34)28-22-33-31-29(13-7-16-35(28)31)38-23-25-10-3-2-4-11-25/h2-7,9-13,16,22,27H,8,14-15,17-21,23H2,1H3,(H,32,36). The summed E-state index contributed by atoms with van der Waals surface area (Å²) in [6, 6.07) is 22.3. The summed E-state index contributed by atoms with van der Waals surface area (Å²) >= 11 is 0. The maximum atomic E-state index is 13.1.